The van der Waals surface area contributed by atoms with Gasteiger partial charge in [-0.3, -0.25) is 0 Å². The maximum atomic E-state index is 13.1. The average Bonchev–Trinajstić information content (AvgIpc) is 2.72. The lowest BCUT2D eigenvalue weighted by molar-refractivity contribution is 0.624. The van der Waals surface area contributed by atoms with Crippen molar-refractivity contribution in [3.63, 3.8) is 0 Å². The van der Waals surface area contributed by atoms with Gasteiger partial charge in [-0.1, -0.05) is 12.1 Å². The van der Waals surface area contributed by atoms with Crippen LogP contribution in [-0.4, -0.2) is 41.4 Å². The zero-order valence-electron chi connectivity index (χ0n) is 16.1. The number of hydrogen-bond donors (Lipinski definition) is 1. The molecule has 1 saturated heterocycles. The third-order valence-corrected chi connectivity index (χ3v) is 5.19. The molecule has 0 radical (unpaired) electrons. The molecule has 1 aromatic heterocycles. The van der Waals surface area contributed by atoms with Crippen molar-refractivity contribution in [2.24, 2.45) is 0 Å². The van der Waals surface area contributed by atoms with Crippen LogP contribution in [0.3, 0.4) is 0 Å². The number of halogens is 1. The standard InChI is InChI=1S/C21H23FN6/c1-15-4-3-5-19(16(15)2)24-21-25-20(14-23-26-21)28-12-10-27(11-13-28)18-8-6-17(22)7-9-18/h3-9,14H,10-13H2,1-2H3,(H,24,25,26). The van der Waals surface area contributed by atoms with Crippen molar-refractivity contribution in [1.82, 2.24) is 15.2 Å². The second-order valence-electron chi connectivity index (χ2n) is 6.96. The number of piperazine rings is 1. The van der Waals surface area contributed by atoms with E-state index in [1.807, 2.05) is 24.3 Å². The molecule has 0 aliphatic carbocycles. The highest BCUT2D eigenvalue weighted by molar-refractivity contribution is 5.60. The summed E-state index contributed by atoms with van der Waals surface area (Å²) in [6.45, 7) is 7.48. The van der Waals surface area contributed by atoms with Crippen LogP contribution in [0.5, 0.6) is 0 Å². The zero-order valence-corrected chi connectivity index (χ0v) is 16.1. The number of nitrogens with one attached hydrogen (secondary N) is 1. The van der Waals surface area contributed by atoms with E-state index in [1.54, 1.807) is 6.20 Å². The molecule has 1 fully saturated rings. The highest BCUT2D eigenvalue weighted by Gasteiger charge is 2.19. The van der Waals surface area contributed by atoms with E-state index in [0.717, 1.165) is 43.4 Å². The van der Waals surface area contributed by atoms with Crippen LogP contribution in [0.15, 0.2) is 48.7 Å². The summed E-state index contributed by atoms with van der Waals surface area (Å²) < 4.78 is 13.1. The van der Waals surface area contributed by atoms with E-state index < -0.39 is 0 Å². The molecule has 0 bridgehead atoms. The van der Waals surface area contributed by atoms with Gasteiger partial charge >= 0.3 is 0 Å². The fourth-order valence-electron chi connectivity index (χ4n) is 3.35. The van der Waals surface area contributed by atoms with Gasteiger partial charge in [0.1, 0.15) is 5.82 Å². The van der Waals surface area contributed by atoms with Gasteiger partial charge in [-0.15, -0.1) is 5.10 Å². The molecule has 6 nitrogen and oxygen atoms in total. The summed E-state index contributed by atoms with van der Waals surface area (Å²) in [5, 5.41) is 11.5. The summed E-state index contributed by atoms with van der Waals surface area (Å²) >= 11 is 0. The van der Waals surface area contributed by atoms with Crippen LogP contribution < -0.4 is 15.1 Å². The zero-order chi connectivity index (χ0) is 19.5. The maximum absolute atomic E-state index is 13.1. The minimum atomic E-state index is -0.210. The van der Waals surface area contributed by atoms with Gasteiger partial charge in [0.05, 0.1) is 6.20 Å². The van der Waals surface area contributed by atoms with Crippen LogP contribution in [0.4, 0.5) is 27.5 Å². The Morgan fingerprint density at radius 3 is 2.39 bits per heavy atom. The highest BCUT2D eigenvalue weighted by atomic mass is 19.1. The van der Waals surface area contributed by atoms with Crippen molar-refractivity contribution < 1.29 is 4.39 Å². The molecule has 0 atom stereocenters. The predicted molar refractivity (Wildman–Crippen MR) is 110 cm³/mol. The first-order valence-corrected chi connectivity index (χ1v) is 9.38. The van der Waals surface area contributed by atoms with Gasteiger partial charge in [0, 0.05) is 37.6 Å². The summed E-state index contributed by atoms with van der Waals surface area (Å²) in [7, 11) is 0. The van der Waals surface area contributed by atoms with Gasteiger partial charge < -0.3 is 15.1 Å². The minimum Gasteiger partial charge on any atom is -0.368 e. The van der Waals surface area contributed by atoms with Crippen molar-refractivity contribution >= 4 is 23.1 Å². The number of nitrogens with zero attached hydrogens (tertiary/aromatic N) is 5. The Kier molecular flexibility index (Phi) is 5.06. The van der Waals surface area contributed by atoms with Crippen LogP contribution >= 0.6 is 0 Å². The number of hydrogen-bond acceptors (Lipinski definition) is 6. The van der Waals surface area contributed by atoms with Gasteiger partial charge in [0.15, 0.2) is 5.82 Å². The van der Waals surface area contributed by atoms with Gasteiger partial charge in [0.25, 0.3) is 0 Å². The Balaban J connectivity index is 1.44. The van der Waals surface area contributed by atoms with E-state index in [2.05, 4.69) is 50.2 Å². The molecular formula is C21H23FN6. The van der Waals surface area contributed by atoms with E-state index in [9.17, 15) is 4.39 Å². The Morgan fingerprint density at radius 1 is 0.929 bits per heavy atom. The molecule has 28 heavy (non-hydrogen) atoms. The lowest BCUT2D eigenvalue weighted by Gasteiger charge is -2.36. The van der Waals surface area contributed by atoms with E-state index in [1.165, 1.54) is 23.3 Å². The molecule has 1 aliphatic heterocycles. The molecule has 0 spiro atoms. The summed E-state index contributed by atoms with van der Waals surface area (Å²) in [5.74, 6) is 1.09. The second kappa shape index (κ2) is 7.80. The summed E-state index contributed by atoms with van der Waals surface area (Å²) in [4.78, 5) is 9.09. The van der Waals surface area contributed by atoms with Crippen LogP contribution in [0.1, 0.15) is 11.1 Å². The summed E-state index contributed by atoms with van der Waals surface area (Å²) in [6.07, 6.45) is 1.70. The lowest BCUT2D eigenvalue weighted by Crippen LogP contribution is -2.46. The monoisotopic (exact) mass is 378 g/mol. The van der Waals surface area contributed by atoms with Crippen molar-refractivity contribution in [1.29, 1.82) is 0 Å². The molecule has 0 amide bonds. The Hall–Kier alpha value is -3.22. The summed E-state index contributed by atoms with van der Waals surface area (Å²) in [6, 6.07) is 12.8. The van der Waals surface area contributed by atoms with Crippen LogP contribution in [-0.2, 0) is 0 Å². The molecule has 1 N–H and O–H groups in total. The minimum absolute atomic E-state index is 0.210. The molecule has 0 unspecified atom stereocenters. The van der Waals surface area contributed by atoms with Gasteiger partial charge in [-0.05, 0) is 55.3 Å². The van der Waals surface area contributed by atoms with Crippen molar-refractivity contribution in [2.45, 2.75) is 13.8 Å². The number of benzene rings is 2. The number of rotatable bonds is 4. The topological polar surface area (TPSA) is 57.2 Å². The Morgan fingerprint density at radius 2 is 1.64 bits per heavy atom. The normalized spacial score (nSPS) is 14.2. The average molecular weight is 378 g/mol. The first-order valence-electron chi connectivity index (χ1n) is 9.38. The second-order valence-corrected chi connectivity index (χ2v) is 6.96. The molecule has 7 heteroatoms. The van der Waals surface area contributed by atoms with E-state index in [-0.39, 0.29) is 5.82 Å². The molecule has 1 aliphatic rings. The lowest BCUT2D eigenvalue weighted by atomic mass is 10.1. The van der Waals surface area contributed by atoms with E-state index >= 15 is 0 Å². The van der Waals surface area contributed by atoms with Crippen molar-refractivity contribution in [3.05, 3.63) is 65.6 Å². The van der Waals surface area contributed by atoms with E-state index in [0.29, 0.717) is 5.95 Å². The third-order valence-electron chi connectivity index (χ3n) is 5.19. The van der Waals surface area contributed by atoms with Crippen LogP contribution in [0.25, 0.3) is 0 Å². The van der Waals surface area contributed by atoms with Crippen LogP contribution in [0.2, 0.25) is 0 Å². The fourth-order valence-corrected chi connectivity index (χ4v) is 3.35. The van der Waals surface area contributed by atoms with Crippen molar-refractivity contribution in [3.8, 4) is 0 Å². The molecule has 0 saturated carbocycles. The SMILES string of the molecule is Cc1cccc(Nc2nncc(N3CCN(c4ccc(F)cc4)CC3)n2)c1C. The number of aromatic nitrogens is 3. The molecule has 3 aromatic rings. The molecule has 4 rings (SSSR count). The third kappa shape index (κ3) is 3.88. The number of aryl methyl sites for hydroxylation is 1. The maximum Gasteiger partial charge on any atom is 0.249 e. The molecule has 2 aromatic carbocycles. The fraction of sp³-hybridized carbons (Fsp3) is 0.286. The molecule has 2 heterocycles. The summed E-state index contributed by atoms with van der Waals surface area (Å²) in [5.41, 5.74) is 4.41. The smallest absolute Gasteiger partial charge is 0.249 e. The molecule has 144 valence electrons. The quantitative estimate of drug-likeness (QED) is 0.747. The Bertz CT molecular complexity index is 951. The predicted octanol–water partition coefficient (Wildman–Crippen LogP) is 3.70. The Labute approximate surface area is 164 Å². The first-order chi connectivity index (χ1) is 13.6. The van der Waals surface area contributed by atoms with Crippen molar-refractivity contribution in [2.75, 3.05) is 41.3 Å². The highest BCUT2D eigenvalue weighted by Crippen LogP contribution is 2.23. The van der Waals surface area contributed by atoms with Crippen LogP contribution in [0, 0.1) is 19.7 Å². The van der Waals surface area contributed by atoms with Gasteiger partial charge in [-0.2, -0.15) is 10.1 Å². The van der Waals surface area contributed by atoms with Gasteiger partial charge in [-0.25, -0.2) is 4.39 Å². The van der Waals surface area contributed by atoms with Gasteiger partial charge in [0.2, 0.25) is 5.95 Å². The first kappa shape index (κ1) is 18.2. The van der Waals surface area contributed by atoms with E-state index in [4.69, 9.17) is 0 Å². The molecular weight excluding hydrogens is 355 g/mol. The number of anilines is 4. The largest absolute Gasteiger partial charge is 0.368 e.